The Morgan fingerprint density at radius 2 is 2.41 bits per heavy atom. The molecular formula is C13H14N2O2. The van der Waals surface area contributed by atoms with E-state index in [-0.39, 0.29) is 5.97 Å². The Balaban J connectivity index is 2.14. The van der Waals surface area contributed by atoms with E-state index in [1.165, 1.54) is 0 Å². The number of hydrogen-bond donors (Lipinski definition) is 0. The molecule has 2 rings (SSSR count). The predicted octanol–water partition coefficient (Wildman–Crippen LogP) is 2.44. The number of imidazole rings is 1. The molecule has 0 saturated carbocycles. The second kappa shape index (κ2) is 4.82. The maximum atomic E-state index is 11.4. The van der Waals surface area contributed by atoms with Gasteiger partial charge in [-0.1, -0.05) is 6.08 Å². The summed E-state index contributed by atoms with van der Waals surface area (Å²) in [6.45, 7) is 3.56. The van der Waals surface area contributed by atoms with Crippen molar-refractivity contribution in [2.75, 3.05) is 0 Å². The minimum absolute atomic E-state index is 0.250. The second-order valence-corrected chi connectivity index (χ2v) is 3.81. The van der Waals surface area contributed by atoms with Gasteiger partial charge in [0.05, 0.1) is 17.4 Å². The average molecular weight is 230 g/mol. The van der Waals surface area contributed by atoms with Crippen LogP contribution in [0, 0.1) is 0 Å². The van der Waals surface area contributed by atoms with E-state index in [4.69, 9.17) is 4.74 Å². The lowest BCUT2D eigenvalue weighted by atomic mass is 10.3. The summed E-state index contributed by atoms with van der Waals surface area (Å²) in [6, 6.07) is 5.43. The predicted molar refractivity (Wildman–Crippen MR) is 65.8 cm³/mol. The minimum Gasteiger partial charge on any atom is -0.426 e. The molecule has 0 N–H and O–H groups in total. The summed E-state index contributed by atoms with van der Waals surface area (Å²) in [6.07, 6.45) is 4.41. The Hall–Kier alpha value is -2.10. The molecule has 0 fully saturated rings. The fourth-order valence-corrected chi connectivity index (χ4v) is 1.58. The molecule has 0 unspecified atom stereocenters. The van der Waals surface area contributed by atoms with Gasteiger partial charge in [0.25, 0.3) is 0 Å². The van der Waals surface area contributed by atoms with Gasteiger partial charge in [-0.3, -0.25) is 4.79 Å². The summed E-state index contributed by atoms with van der Waals surface area (Å²) >= 11 is 0. The number of aromatic nitrogens is 2. The van der Waals surface area contributed by atoms with Crippen LogP contribution in [0.4, 0.5) is 0 Å². The first-order chi connectivity index (χ1) is 8.20. The van der Waals surface area contributed by atoms with Crippen molar-refractivity contribution in [2.45, 2.75) is 12.8 Å². The van der Waals surface area contributed by atoms with Gasteiger partial charge in [0.1, 0.15) is 5.75 Å². The molecule has 0 aliphatic carbocycles. The molecule has 2 aromatic rings. The monoisotopic (exact) mass is 230 g/mol. The molecule has 1 heterocycles. The number of esters is 1. The van der Waals surface area contributed by atoms with Gasteiger partial charge in [-0.2, -0.15) is 0 Å². The summed E-state index contributed by atoms with van der Waals surface area (Å²) in [5, 5.41) is 0. The van der Waals surface area contributed by atoms with E-state index in [0.717, 1.165) is 11.0 Å². The molecule has 0 radical (unpaired) electrons. The highest BCUT2D eigenvalue weighted by atomic mass is 16.5. The fourth-order valence-electron chi connectivity index (χ4n) is 1.58. The highest BCUT2D eigenvalue weighted by molar-refractivity contribution is 5.79. The number of nitrogens with zero attached hydrogens (tertiary/aromatic N) is 2. The Bertz CT molecular complexity index is 558. The Labute approximate surface area is 99.5 Å². The number of benzene rings is 1. The quantitative estimate of drug-likeness (QED) is 0.460. The average Bonchev–Trinajstić information content (AvgIpc) is 2.68. The standard InChI is InChI=1S/C13H14N2O2/c1-3-4-5-13(16)17-10-6-7-12-11(8-10)14-9-15(12)2/h3,6-9H,1,4-5H2,2H3. The number of allylic oxidation sites excluding steroid dienone is 1. The first-order valence-corrected chi connectivity index (χ1v) is 5.43. The minimum atomic E-state index is -0.250. The van der Waals surface area contributed by atoms with Crippen molar-refractivity contribution in [2.24, 2.45) is 7.05 Å². The lowest BCUT2D eigenvalue weighted by Crippen LogP contribution is -2.06. The van der Waals surface area contributed by atoms with Crippen LogP contribution in [0.5, 0.6) is 5.75 Å². The van der Waals surface area contributed by atoms with Gasteiger partial charge >= 0.3 is 5.97 Å². The van der Waals surface area contributed by atoms with E-state index in [0.29, 0.717) is 18.6 Å². The highest BCUT2D eigenvalue weighted by Crippen LogP contribution is 2.19. The summed E-state index contributed by atoms with van der Waals surface area (Å²) in [4.78, 5) is 15.6. The van der Waals surface area contributed by atoms with Crippen molar-refractivity contribution in [3.8, 4) is 5.75 Å². The molecular weight excluding hydrogens is 216 g/mol. The van der Waals surface area contributed by atoms with Gasteiger partial charge in [-0.05, 0) is 18.6 Å². The van der Waals surface area contributed by atoms with Crippen LogP contribution in [0.1, 0.15) is 12.8 Å². The molecule has 1 aromatic carbocycles. The van der Waals surface area contributed by atoms with Gasteiger partial charge < -0.3 is 9.30 Å². The number of aryl methyl sites for hydroxylation is 1. The van der Waals surface area contributed by atoms with Crippen molar-refractivity contribution < 1.29 is 9.53 Å². The molecule has 17 heavy (non-hydrogen) atoms. The molecule has 0 spiro atoms. The summed E-state index contributed by atoms with van der Waals surface area (Å²) < 4.78 is 7.11. The molecule has 0 saturated heterocycles. The number of carbonyl (C=O) groups excluding carboxylic acids is 1. The summed E-state index contributed by atoms with van der Waals surface area (Å²) in [5.74, 6) is 0.283. The number of carbonyl (C=O) groups is 1. The third-order valence-electron chi connectivity index (χ3n) is 2.48. The zero-order chi connectivity index (χ0) is 12.3. The summed E-state index contributed by atoms with van der Waals surface area (Å²) in [5.41, 5.74) is 1.83. The smallest absolute Gasteiger partial charge is 0.311 e. The largest absolute Gasteiger partial charge is 0.426 e. The normalized spacial score (nSPS) is 10.4. The van der Waals surface area contributed by atoms with Gasteiger partial charge in [0.2, 0.25) is 0 Å². The van der Waals surface area contributed by atoms with Crippen LogP contribution >= 0.6 is 0 Å². The van der Waals surface area contributed by atoms with Crippen molar-refractivity contribution in [1.82, 2.24) is 9.55 Å². The number of fused-ring (bicyclic) bond motifs is 1. The number of ether oxygens (including phenoxy) is 1. The molecule has 4 heteroatoms. The van der Waals surface area contributed by atoms with E-state index in [1.807, 2.05) is 17.7 Å². The van der Waals surface area contributed by atoms with Gasteiger partial charge in [0, 0.05) is 19.5 Å². The van der Waals surface area contributed by atoms with Crippen molar-refractivity contribution in [3.05, 3.63) is 37.2 Å². The van der Waals surface area contributed by atoms with E-state index in [9.17, 15) is 4.79 Å². The van der Waals surface area contributed by atoms with E-state index >= 15 is 0 Å². The first-order valence-electron chi connectivity index (χ1n) is 5.43. The number of rotatable bonds is 4. The third kappa shape index (κ3) is 2.53. The van der Waals surface area contributed by atoms with Gasteiger partial charge in [0.15, 0.2) is 0 Å². The van der Waals surface area contributed by atoms with Crippen LogP contribution in [0.2, 0.25) is 0 Å². The lowest BCUT2D eigenvalue weighted by Gasteiger charge is -2.03. The van der Waals surface area contributed by atoms with Crippen LogP contribution in [0.3, 0.4) is 0 Å². The van der Waals surface area contributed by atoms with Crippen molar-refractivity contribution in [1.29, 1.82) is 0 Å². The molecule has 0 aliphatic rings. The molecule has 0 amide bonds. The van der Waals surface area contributed by atoms with Crippen LogP contribution in [0.15, 0.2) is 37.2 Å². The molecule has 0 atom stereocenters. The van der Waals surface area contributed by atoms with E-state index in [2.05, 4.69) is 11.6 Å². The molecule has 0 aliphatic heterocycles. The molecule has 88 valence electrons. The summed E-state index contributed by atoms with van der Waals surface area (Å²) in [7, 11) is 1.92. The second-order valence-electron chi connectivity index (χ2n) is 3.81. The van der Waals surface area contributed by atoms with Crippen LogP contribution in [-0.2, 0) is 11.8 Å². The fraction of sp³-hybridized carbons (Fsp3) is 0.231. The SMILES string of the molecule is C=CCCC(=O)Oc1ccc2c(c1)ncn2C. The van der Waals surface area contributed by atoms with E-state index < -0.39 is 0 Å². The van der Waals surface area contributed by atoms with E-state index in [1.54, 1.807) is 24.5 Å². The van der Waals surface area contributed by atoms with Crippen molar-refractivity contribution in [3.63, 3.8) is 0 Å². The van der Waals surface area contributed by atoms with Crippen LogP contribution in [-0.4, -0.2) is 15.5 Å². The van der Waals surface area contributed by atoms with Crippen LogP contribution in [0.25, 0.3) is 11.0 Å². The molecule has 1 aromatic heterocycles. The van der Waals surface area contributed by atoms with Crippen molar-refractivity contribution >= 4 is 17.0 Å². The first kappa shape index (κ1) is 11.4. The van der Waals surface area contributed by atoms with Crippen LogP contribution < -0.4 is 4.74 Å². The topological polar surface area (TPSA) is 44.1 Å². The third-order valence-corrected chi connectivity index (χ3v) is 2.48. The Morgan fingerprint density at radius 1 is 1.59 bits per heavy atom. The molecule has 0 bridgehead atoms. The maximum Gasteiger partial charge on any atom is 0.311 e. The Morgan fingerprint density at radius 3 is 3.18 bits per heavy atom. The Kier molecular flexibility index (Phi) is 3.23. The highest BCUT2D eigenvalue weighted by Gasteiger charge is 2.06. The zero-order valence-electron chi connectivity index (χ0n) is 9.72. The van der Waals surface area contributed by atoms with Gasteiger partial charge in [-0.25, -0.2) is 4.98 Å². The molecule has 4 nitrogen and oxygen atoms in total. The number of hydrogen-bond acceptors (Lipinski definition) is 3. The zero-order valence-corrected chi connectivity index (χ0v) is 9.72. The maximum absolute atomic E-state index is 11.4. The lowest BCUT2D eigenvalue weighted by molar-refractivity contribution is -0.134. The van der Waals surface area contributed by atoms with Gasteiger partial charge in [-0.15, -0.1) is 6.58 Å².